The van der Waals surface area contributed by atoms with Crippen LogP contribution >= 0.6 is 11.6 Å². The molecule has 3 rings (SSSR count). The average Bonchev–Trinajstić information content (AvgIpc) is 3.00. The van der Waals surface area contributed by atoms with Crippen LogP contribution in [0, 0.1) is 6.92 Å². The van der Waals surface area contributed by atoms with Gasteiger partial charge in [-0.25, -0.2) is 0 Å². The van der Waals surface area contributed by atoms with E-state index in [1.807, 2.05) is 72.2 Å². The highest BCUT2D eigenvalue weighted by Gasteiger charge is 2.15. The topological polar surface area (TPSA) is 45.1 Å². The fourth-order valence-corrected chi connectivity index (χ4v) is 3.04. The lowest BCUT2D eigenvalue weighted by Gasteiger charge is -2.17. The van der Waals surface area contributed by atoms with E-state index in [4.69, 9.17) is 11.6 Å². The van der Waals surface area contributed by atoms with E-state index in [1.165, 1.54) is 0 Å². The molecule has 0 aliphatic rings. The normalized spacial score (nSPS) is 10.8. The van der Waals surface area contributed by atoms with Gasteiger partial charge in [0.25, 0.3) is 0 Å². The first-order valence-electron chi connectivity index (χ1n) is 7.79. The van der Waals surface area contributed by atoms with Gasteiger partial charge in [0.15, 0.2) is 0 Å². The van der Waals surface area contributed by atoms with Gasteiger partial charge in [-0.2, -0.15) is 0 Å². The van der Waals surface area contributed by atoms with E-state index in [0.29, 0.717) is 11.4 Å². The number of hydrogen-bond acceptors (Lipinski definition) is 2. The van der Waals surface area contributed by atoms with Crippen LogP contribution in [0.4, 0.5) is 0 Å². The van der Waals surface area contributed by atoms with Crippen molar-refractivity contribution < 1.29 is 9.90 Å². The predicted molar refractivity (Wildman–Crippen MR) is 94.3 cm³/mol. The minimum atomic E-state index is -1.06. The molecule has 0 radical (unpaired) electrons. The van der Waals surface area contributed by atoms with Gasteiger partial charge in [0, 0.05) is 11.7 Å². The summed E-state index contributed by atoms with van der Waals surface area (Å²) in [5.74, 6) is -1.06. The number of rotatable bonds is 5. The average molecular weight is 339 g/mol. The molecule has 0 spiro atoms. The van der Waals surface area contributed by atoms with Crippen LogP contribution in [-0.4, -0.2) is 10.5 Å². The van der Waals surface area contributed by atoms with Crippen molar-refractivity contribution in [1.29, 1.82) is 0 Å². The van der Waals surface area contributed by atoms with Crippen LogP contribution < -0.4 is 5.11 Å². The van der Waals surface area contributed by atoms with E-state index in [1.54, 1.807) is 0 Å². The minimum Gasteiger partial charge on any atom is -0.550 e. The van der Waals surface area contributed by atoms with Crippen molar-refractivity contribution in [3.8, 4) is 16.9 Å². The lowest BCUT2D eigenvalue weighted by molar-refractivity contribution is -0.305. The number of carbonyl (C=O) groups excluding carboxylic acids is 1. The van der Waals surface area contributed by atoms with Crippen LogP contribution in [0.15, 0.2) is 60.7 Å². The van der Waals surface area contributed by atoms with Gasteiger partial charge in [-0.1, -0.05) is 54.1 Å². The van der Waals surface area contributed by atoms with Gasteiger partial charge >= 0.3 is 0 Å². The molecule has 0 amide bonds. The highest BCUT2D eigenvalue weighted by atomic mass is 35.5. The Hall–Kier alpha value is -2.52. The molecule has 1 heterocycles. The van der Waals surface area contributed by atoms with Crippen LogP contribution in [0.3, 0.4) is 0 Å². The standard InChI is InChI=1S/C20H18ClNO2/c1-14-6-5-9-18(20(14)21)22-16(11-13-19(23)24)10-12-17(22)15-7-3-2-4-8-15/h2-10,12H,11,13H2,1H3,(H,23,24)/p-1. The summed E-state index contributed by atoms with van der Waals surface area (Å²) in [6, 6.07) is 19.8. The maximum absolute atomic E-state index is 10.9. The number of aromatic nitrogens is 1. The number of hydrogen-bond donors (Lipinski definition) is 0. The number of carbonyl (C=O) groups is 1. The summed E-state index contributed by atoms with van der Waals surface area (Å²) < 4.78 is 2.04. The highest BCUT2D eigenvalue weighted by molar-refractivity contribution is 6.33. The quantitative estimate of drug-likeness (QED) is 0.710. The number of carboxylic acids is 1. The van der Waals surface area contributed by atoms with Crippen molar-refractivity contribution in [1.82, 2.24) is 4.57 Å². The molecule has 0 saturated heterocycles. The lowest BCUT2D eigenvalue weighted by Crippen LogP contribution is -2.22. The van der Waals surface area contributed by atoms with Crippen LogP contribution in [0.5, 0.6) is 0 Å². The molecular formula is C20H17ClNO2-. The van der Waals surface area contributed by atoms with Gasteiger partial charge in [0.1, 0.15) is 0 Å². The third-order valence-corrected chi connectivity index (χ3v) is 4.52. The van der Waals surface area contributed by atoms with Crippen molar-refractivity contribution in [3.05, 3.63) is 76.9 Å². The summed E-state index contributed by atoms with van der Waals surface area (Å²) in [5.41, 5.74) is 4.76. The summed E-state index contributed by atoms with van der Waals surface area (Å²) in [6.45, 7) is 1.96. The molecule has 2 aromatic carbocycles. The van der Waals surface area contributed by atoms with E-state index in [0.717, 1.165) is 28.2 Å². The Balaban J connectivity index is 2.18. The van der Waals surface area contributed by atoms with Gasteiger partial charge in [0.05, 0.1) is 16.4 Å². The molecule has 3 nitrogen and oxygen atoms in total. The Morgan fingerprint density at radius 1 is 1.04 bits per heavy atom. The van der Waals surface area contributed by atoms with Crippen LogP contribution in [0.1, 0.15) is 17.7 Å². The largest absolute Gasteiger partial charge is 0.550 e. The van der Waals surface area contributed by atoms with E-state index < -0.39 is 5.97 Å². The van der Waals surface area contributed by atoms with E-state index in [-0.39, 0.29) is 6.42 Å². The smallest absolute Gasteiger partial charge is 0.0675 e. The van der Waals surface area contributed by atoms with Crippen LogP contribution in [0.2, 0.25) is 5.02 Å². The molecule has 0 aliphatic carbocycles. The first-order chi connectivity index (χ1) is 11.6. The molecule has 0 N–H and O–H groups in total. The molecule has 3 aromatic rings. The second-order valence-corrected chi connectivity index (χ2v) is 6.07. The molecule has 0 saturated carbocycles. The monoisotopic (exact) mass is 338 g/mol. The molecule has 0 atom stereocenters. The zero-order valence-electron chi connectivity index (χ0n) is 13.3. The van der Waals surface area contributed by atoms with Crippen LogP contribution in [-0.2, 0) is 11.2 Å². The summed E-state index contributed by atoms with van der Waals surface area (Å²) in [7, 11) is 0. The second-order valence-electron chi connectivity index (χ2n) is 5.69. The SMILES string of the molecule is Cc1cccc(-n2c(CCC(=O)[O-])ccc2-c2ccccc2)c1Cl. The molecule has 4 heteroatoms. The number of nitrogens with zero attached hydrogens (tertiary/aromatic N) is 1. The van der Waals surface area contributed by atoms with Crippen molar-refractivity contribution in [2.24, 2.45) is 0 Å². The van der Waals surface area contributed by atoms with Gasteiger partial charge in [-0.05, 0) is 49.1 Å². The van der Waals surface area contributed by atoms with Crippen molar-refractivity contribution >= 4 is 17.6 Å². The first kappa shape index (κ1) is 16.3. The number of halogens is 1. The van der Waals surface area contributed by atoms with Gasteiger partial charge in [0.2, 0.25) is 0 Å². The van der Waals surface area contributed by atoms with E-state index >= 15 is 0 Å². The molecule has 122 valence electrons. The van der Waals surface area contributed by atoms with Gasteiger partial charge in [-0.3, -0.25) is 0 Å². The number of carboxylic acid groups (broad SMARTS) is 1. The Labute approximate surface area is 146 Å². The zero-order chi connectivity index (χ0) is 17.1. The minimum absolute atomic E-state index is 0.0261. The Morgan fingerprint density at radius 2 is 1.79 bits per heavy atom. The summed E-state index contributed by atoms with van der Waals surface area (Å²) >= 11 is 6.53. The van der Waals surface area contributed by atoms with Crippen LogP contribution in [0.25, 0.3) is 16.9 Å². The first-order valence-corrected chi connectivity index (χ1v) is 8.17. The third-order valence-electron chi connectivity index (χ3n) is 4.03. The van der Waals surface area contributed by atoms with Crippen molar-refractivity contribution in [2.45, 2.75) is 19.8 Å². The number of benzene rings is 2. The number of aliphatic carboxylic acids is 1. The molecule has 0 fully saturated rings. The highest BCUT2D eigenvalue weighted by Crippen LogP contribution is 2.32. The zero-order valence-corrected chi connectivity index (χ0v) is 14.1. The molecule has 1 aromatic heterocycles. The molecular weight excluding hydrogens is 322 g/mol. The fraction of sp³-hybridized carbons (Fsp3) is 0.150. The van der Waals surface area contributed by atoms with Gasteiger partial charge < -0.3 is 14.5 Å². The van der Waals surface area contributed by atoms with Crippen molar-refractivity contribution in [3.63, 3.8) is 0 Å². The van der Waals surface area contributed by atoms with Crippen molar-refractivity contribution in [2.75, 3.05) is 0 Å². The van der Waals surface area contributed by atoms with E-state index in [9.17, 15) is 9.90 Å². The Morgan fingerprint density at radius 3 is 2.50 bits per heavy atom. The Kier molecular flexibility index (Phi) is 4.72. The maximum Gasteiger partial charge on any atom is 0.0675 e. The second kappa shape index (κ2) is 6.93. The van der Waals surface area contributed by atoms with E-state index in [2.05, 4.69) is 0 Å². The maximum atomic E-state index is 10.9. The molecule has 24 heavy (non-hydrogen) atoms. The molecule has 0 aliphatic heterocycles. The third kappa shape index (κ3) is 3.22. The summed E-state index contributed by atoms with van der Waals surface area (Å²) in [4.78, 5) is 10.9. The number of aryl methyl sites for hydroxylation is 2. The predicted octanol–water partition coefficient (Wildman–Crippen LogP) is 3.79. The summed E-state index contributed by atoms with van der Waals surface area (Å²) in [5, 5.41) is 11.5. The van der Waals surface area contributed by atoms with Gasteiger partial charge in [-0.15, -0.1) is 0 Å². The Bertz CT molecular complexity index is 869. The summed E-state index contributed by atoms with van der Waals surface area (Å²) in [6.07, 6.45) is 0.362. The molecule has 0 bridgehead atoms. The fourth-order valence-electron chi connectivity index (χ4n) is 2.83. The molecule has 0 unspecified atom stereocenters. The lowest BCUT2D eigenvalue weighted by atomic mass is 10.1.